The number of hydrogen-bond acceptors (Lipinski definition) is 6. The molecule has 69 heavy (non-hydrogen) atoms. The van der Waals surface area contributed by atoms with Crippen LogP contribution in [-0.4, -0.2) is 37.2 Å². The summed E-state index contributed by atoms with van der Waals surface area (Å²) in [5.74, 6) is -0.978. The second-order valence-corrected chi connectivity index (χ2v) is 19.0. The summed E-state index contributed by atoms with van der Waals surface area (Å²) in [5.41, 5.74) is 0. The van der Waals surface area contributed by atoms with Crippen LogP contribution in [-0.2, 0) is 28.6 Å². The number of rotatable bonds is 51. The van der Waals surface area contributed by atoms with Gasteiger partial charge in [-0.15, -0.1) is 0 Å². The number of carbonyl (C=O) groups is 3. The van der Waals surface area contributed by atoms with Crippen LogP contribution < -0.4 is 0 Å². The van der Waals surface area contributed by atoms with E-state index in [1.165, 1.54) is 135 Å². The van der Waals surface area contributed by atoms with Crippen molar-refractivity contribution in [1.29, 1.82) is 0 Å². The molecule has 0 amide bonds. The van der Waals surface area contributed by atoms with Gasteiger partial charge in [-0.25, -0.2) is 0 Å². The molecule has 0 fully saturated rings. The molecule has 0 aromatic heterocycles. The molecule has 0 N–H and O–H groups in total. The average Bonchev–Trinajstić information content (AvgIpc) is 3.35. The van der Waals surface area contributed by atoms with E-state index in [4.69, 9.17) is 14.2 Å². The van der Waals surface area contributed by atoms with Crippen molar-refractivity contribution in [1.82, 2.24) is 0 Å². The standard InChI is InChI=1S/C63H106O6/c1-4-7-10-13-16-19-22-25-28-31-33-35-38-41-44-47-50-53-56-62(65)68-59-60(58-67-61(64)55-52-49-46-43-40-37-34-30-27-24-21-18-15-12-9-6-3)69-63(66)57-54-51-48-45-42-39-36-32-29-26-23-20-17-14-11-8-5-2/h10,13,16,19,22,25-26,28-29,31,33,35-36,39,45,48,60H,4-9,11-12,14-15,17-18,20-21,23-24,27,30,32,34,37-38,40-44,46-47,49-59H2,1-3H3/b13-10-,19-16-,25-22-,29-26-,31-28-,35-33-,39-36-,48-45-. The molecule has 0 aromatic carbocycles. The minimum absolute atomic E-state index is 0.105. The largest absolute Gasteiger partial charge is 0.462 e. The van der Waals surface area contributed by atoms with Gasteiger partial charge in [-0.2, -0.15) is 0 Å². The lowest BCUT2D eigenvalue weighted by molar-refractivity contribution is -0.167. The lowest BCUT2D eigenvalue weighted by Gasteiger charge is -2.18. The maximum Gasteiger partial charge on any atom is 0.306 e. The molecule has 394 valence electrons. The molecule has 0 bridgehead atoms. The Labute approximate surface area is 426 Å². The summed E-state index contributed by atoms with van der Waals surface area (Å²) >= 11 is 0. The van der Waals surface area contributed by atoms with Crippen LogP contribution in [0.25, 0.3) is 0 Å². The van der Waals surface area contributed by atoms with Crippen LogP contribution in [0.15, 0.2) is 97.2 Å². The summed E-state index contributed by atoms with van der Waals surface area (Å²) in [6.45, 7) is 6.50. The second kappa shape index (κ2) is 56.9. The first-order chi connectivity index (χ1) is 34.0. The fraction of sp³-hybridized carbons (Fsp3) is 0.698. The van der Waals surface area contributed by atoms with Crippen molar-refractivity contribution < 1.29 is 28.6 Å². The van der Waals surface area contributed by atoms with Gasteiger partial charge in [0.1, 0.15) is 13.2 Å². The van der Waals surface area contributed by atoms with Gasteiger partial charge in [-0.05, 0) is 70.6 Å². The van der Waals surface area contributed by atoms with Gasteiger partial charge in [0.05, 0.1) is 0 Å². The molecule has 0 spiro atoms. The third-order valence-corrected chi connectivity index (χ3v) is 12.2. The predicted molar refractivity (Wildman–Crippen MR) is 297 cm³/mol. The van der Waals surface area contributed by atoms with Crippen LogP contribution in [0, 0.1) is 0 Å². The van der Waals surface area contributed by atoms with Crippen LogP contribution in [0.4, 0.5) is 0 Å². The van der Waals surface area contributed by atoms with Crippen molar-refractivity contribution >= 4 is 17.9 Å². The molecule has 0 aliphatic heterocycles. The zero-order valence-electron chi connectivity index (χ0n) is 45.0. The number of allylic oxidation sites excluding steroid dienone is 16. The average molecular weight is 960 g/mol. The van der Waals surface area contributed by atoms with Gasteiger partial charge in [-0.1, -0.05) is 272 Å². The summed E-state index contributed by atoms with van der Waals surface area (Å²) in [4.78, 5) is 38.1. The van der Waals surface area contributed by atoms with E-state index in [-0.39, 0.29) is 37.5 Å². The van der Waals surface area contributed by atoms with Gasteiger partial charge in [0, 0.05) is 19.3 Å². The summed E-state index contributed by atoms with van der Waals surface area (Å²) in [5, 5.41) is 0. The molecule has 0 aliphatic rings. The van der Waals surface area contributed by atoms with Crippen LogP contribution >= 0.6 is 0 Å². The van der Waals surface area contributed by atoms with Crippen molar-refractivity contribution in [2.24, 2.45) is 0 Å². The highest BCUT2D eigenvalue weighted by Gasteiger charge is 2.19. The van der Waals surface area contributed by atoms with Crippen LogP contribution in [0.2, 0.25) is 0 Å². The van der Waals surface area contributed by atoms with E-state index < -0.39 is 6.10 Å². The molecule has 6 heteroatoms. The van der Waals surface area contributed by atoms with E-state index in [0.717, 1.165) is 83.5 Å². The van der Waals surface area contributed by atoms with Gasteiger partial charge in [0.15, 0.2) is 6.10 Å². The number of unbranched alkanes of at least 4 members (excludes halogenated alkanes) is 28. The summed E-state index contributed by atoms with van der Waals surface area (Å²) in [6.07, 6.45) is 75.4. The third kappa shape index (κ3) is 55.1. The van der Waals surface area contributed by atoms with Gasteiger partial charge in [0.2, 0.25) is 0 Å². The highest BCUT2D eigenvalue weighted by atomic mass is 16.6. The Morgan fingerprint density at radius 2 is 0.623 bits per heavy atom. The van der Waals surface area contributed by atoms with E-state index in [0.29, 0.717) is 19.3 Å². The first kappa shape index (κ1) is 65.3. The van der Waals surface area contributed by atoms with Gasteiger partial charge >= 0.3 is 17.9 Å². The van der Waals surface area contributed by atoms with Gasteiger partial charge in [0.25, 0.3) is 0 Å². The normalized spacial score (nSPS) is 12.8. The van der Waals surface area contributed by atoms with Crippen LogP contribution in [0.1, 0.15) is 265 Å². The molecule has 0 heterocycles. The Hall–Kier alpha value is -3.67. The first-order valence-corrected chi connectivity index (χ1v) is 28.8. The Morgan fingerprint density at radius 3 is 1.04 bits per heavy atom. The lowest BCUT2D eigenvalue weighted by Crippen LogP contribution is -2.30. The molecule has 0 saturated carbocycles. The summed E-state index contributed by atoms with van der Waals surface area (Å²) in [7, 11) is 0. The van der Waals surface area contributed by atoms with Crippen LogP contribution in [0.3, 0.4) is 0 Å². The number of esters is 3. The van der Waals surface area contributed by atoms with E-state index >= 15 is 0 Å². The molecule has 6 nitrogen and oxygen atoms in total. The maximum absolute atomic E-state index is 12.8. The SMILES string of the molecule is CCC\C=C/C=C\C=C/C=C\C=C/CCCCCCCC(=O)OCC(COC(=O)CCCCCCCCCCCCCCCCCC)OC(=O)CCC/C=C\C/C=C\C/C=C\CCCCCCCC. The van der Waals surface area contributed by atoms with E-state index in [2.05, 4.69) is 93.7 Å². The molecule has 0 aliphatic carbocycles. The van der Waals surface area contributed by atoms with E-state index in [9.17, 15) is 14.4 Å². The number of carbonyl (C=O) groups excluding carboxylic acids is 3. The van der Waals surface area contributed by atoms with Gasteiger partial charge < -0.3 is 14.2 Å². The first-order valence-electron chi connectivity index (χ1n) is 28.8. The fourth-order valence-corrected chi connectivity index (χ4v) is 7.84. The molecular formula is C63H106O6. The molecule has 1 unspecified atom stereocenters. The van der Waals surface area contributed by atoms with Crippen molar-refractivity contribution in [3.05, 3.63) is 97.2 Å². The molecule has 0 radical (unpaired) electrons. The Balaban J connectivity index is 4.51. The van der Waals surface area contributed by atoms with Crippen molar-refractivity contribution in [2.75, 3.05) is 13.2 Å². The Bertz CT molecular complexity index is 1380. The van der Waals surface area contributed by atoms with Gasteiger partial charge in [-0.3, -0.25) is 14.4 Å². The monoisotopic (exact) mass is 959 g/mol. The number of hydrogen-bond donors (Lipinski definition) is 0. The van der Waals surface area contributed by atoms with E-state index in [1.807, 2.05) is 24.3 Å². The smallest absolute Gasteiger partial charge is 0.306 e. The Kier molecular flexibility index (Phi) is 53.9. The second-order valence-electron chi connectivity index (χ2n) is 19.0. The quantitative estimate of drug-likeness (QED) is 0.0199. The molecule has 0 aromatic rings. The topological polar surface area (TPSA) is 78.9 Å². The summed E-state index contributed by atoms with van der Waals surface area (Å²) in [6, 6.07) is 0. The highest BCUT2D eigenvalue weighted by Crippen LogP contribution is 2.15. The predicted octanol–water partition coefficient (Wildman–Crippen LogP) is 19.3. The Morgan fingerprint density at radius 1 is 0.304 bits per heavy atom. The van der Waals surface area contributed by atoms with Crippen molar-refractivity contribution in [3.63, 3.8) is 0 Å². The van der Waals surface area contributed by atoms with E-state index in [1.54, 1.807) is 0 Å². The minimum atomic E-state index is -0.815. The minimum Gasteiger partial charge on any atom is -0.462 e. The number of ether oxygens (including phenoxy) is 3. The maximum atomic E-state index is 12.8. The third-order valence-electron chi connectivity index (χ3n) is 12.2. The van der Waals surface area contributed by atoms with Crippen molar-refractivity contribution in [3.8, 4) is 0 Å². The molecule has 1 atom stereocenters. The lowest BCUT2D eigenvalue weighted by atomic mass is 10.0. The van der Waals surface area contributed by atoms with Crippen LogP contribution in [0.5, 0.6) is 0 Å². The fourth-order valence-electron chi connectivity index (χ4n) is 7.84. The molecule has 0 saturated heterocycles. The molecular weight excluding hydrogens is 853 g/mol. The zero-order chi connectivity index (χ0) is 50.0. The zero-order valence-corrected chi connectivity index (χ0v) is 45.0. The summed E-state index contributed by atoms with van der Waals surface area (Å²) < 4.78 is 16.8. The highest BCUT2D eigenvalue weighted by molar-refractivity contribution is 5.71. The molecule has 0 rings (SSSR count). The van der Waals surface area contributed by atoms with Crippen molar-refractivity contribution in [2.45, 2.75) is 271 Å².